The molecule has 0 saturated carbocycles. The summed E-state index contributed by atoms with van der Waals surface area (Å²) in [4.78, 5) is 11.7. The monoisotopic (exact) mass is 340 g/mol. The molecule has 116 valence electrons. The van der Waals surface area contributed by atoms with Crippen LogP contribution in [0, 0.1) is 0 Å². The van der Waals surface area contributed by atoms with Gasteiger partial charge in [0.1, 0.15) is 26.7 Å². The van der Waals surface area contributed by atoms with Crippen molar-refractivity contribution in [3.05, 3.63) is 23.7 Å². The van der Waals surface area contributed by atoms with Gasteiger partial charge in [0.15, 0.2) is 11.5 Å². The molecule has 0 saturated heterocycles. The first-order chi connectivity index (χ1) is 10.4. The van der Waals surface area contributed by atoms with Gasteiger partial charge in [-0.05, 0) is 37.1 Å². The van der Waals surface area contributed by atoms with Gasteiger partial charge in [-0.25, -0.2) is 9.97 Å². The Morgan fingerprint density at radius 2 is 2.00 bits per heavy atom. The van der Waals surface area contributed by atoms with E-state index >= 15 is 0 Å². The number of rotatable bonds is 3. The van der Waals surface area contributed by atoms with Crippen molar-refractivity contribution in [3.8, 4) is 11.5 Å². The lowest BCUT2D eigenvalue weighted by molar-refractivity contribution is 0.173. The van der Waals surface area contributed by atoms with Crippen LogP contribution in [0.1, 0.15) is 0 Å². The van der Waals surface area contributed by atoms with Gasteiger partial charge in [0.05, 0.1) is 11.0 Å². The van der Waals surface area contributed by atoms with Crippen LogP contribution in [0.4, 0.5) is 11.6 Å². The summed E-state index contributed by atoms with van der Waals surface area (Å²) in [6.07, 6.45) is 1.30. The van der Waals surface area contributed by atoms with Crippen LogP contribution < -0.4 is 20.1 Å². The lowest BCUT2D eigenvalue weighted by atomic mass is 10.2. The number of nitrogens with one attached hydrogen (secondary N) is 1. The highest BCUT2D eigenvalue weighted by molar-refractivity contribution is 7.70. The average Bonchev–Trinajstić information content (AvgIpc) is 2.45. The van der Waals surface area contributed by atoms with Crippen molar-refractivity contribution in [2.75, 3.05) is 31.9 Å². The molecule has 1 aromatic heterocycles. The van der Waals surface area contributed by atoms with Gasteiger partial charge in [0.25, 0.3) is 0 Å². The fourth-order valence-corrected chi connectivity index (χ4v) is 3.69. The van der Waals surface area contributed by atoms with Gasteiger partial charge in [-0.15, -0.1) is 0 Å². The van der Waals surface area contributed by atoms with Crippen LogP contribution in [0.15, 0.2) is 18.5 Å². The number of nitrogens with zero attached hydrogens (tertiary/aromatic N) is 3. The second-order valence-corrected chi connectivity index (χ2v) is 8.53. The maximum Gasteiger partial charge on any atom is 0.231 e. The predicted molar refractivity (Wildman–Crippen MR) is 84.6 cm³/mol. The highest BCUT2D eigenvalue weighted by Gasteiger charge is 2.27. The summed E-state index contributed by atoms with van der Waals surface area (Å²) < 4.78 is 23.9. The standard InChI is InChI=1S/C13H14ClN4O3P/c1-22(2,19)11-8(17-13-16-7-15-12(14)18-13)3-4-9-10(11)21-6-5-20-9/h3-4,7H,5-6H2,1-2H3,(H,15,16,17,18). The fraction of sp³-hybridized carbons (Fsp3) is 0.308. The van der Waals surface area contributed by atoms with E-state index in [0.29, 0.717) is 35.7 Å². The molecule has 22 heavy (non-hydrogen) atoms. The first-order valence-electron chi connectivity index (χ1n) is 6.55. The number of ether oxygens (including phenoxy) is 2. The van der Waals surface area contributed by atoms with Gasteiger partial charge in [0, 0.05) is 0 Å². The van der Waals surface area contributed by atoms with Crippen molar-refractivity contribution in [2.24, 2.45) is 0 Å². The molecule has 9 heteroatoms. The number of hydrogen-bond donors (Lipinski definition) is 1. The van der Waals surface area contributed by atoms with Gasteiger partial charge in [-0.3, -0.25) is 0 Å². The van der Waals surface area contributed by atoms with Crippen LogP contribution in [-0.4, -0.2) is 41.5 Å². The smallest absolute Gasteiger partial charge is 0.231 e. The van der Waals surface area contributed by atoms with E-state index in [9.17, 15) is 4.57 Å². The lowest BCUT2D eigenvalue weighted by Gasteiger charge is -2.24. The summed E-state index contributed by atoms with van der Waals surface area (Å²) in [6.45, 7) is 4.24. The molecule has 0 aliphatic carbocycles. The van der Waals surface area contributed by atoms with Gasteiger partial charge in [0.2, 0.25) is 11.2 Å². The number of fused-ring (bicyclic) bond motifs is 1. The minimum absolute atomic E-state index is 0.0766. The summed E-state index contributed by atoms with van der Waals surface area (Å²) >= 11 is 5.75. The normalized spacial score (nSPS) is 13.8. The van der Waals surface area contributed by atoms with Crippen molar-refractivity contribution in [2.45, 2.75) is 0 Å². The molecule has 0 spiro atoms. The van der Waals surface area contributed by atoms with Crippen LogP contribution in [-0.2, 0) is 4.57 Å². The first-order valence-corrected chi connectivity index (χ1v) is 9.53. The number of benzene rings is 1. The Morgan fingerprint density at radius 3 is 2.73 bits per heavy atom. The fourth-order valence-electron chi connectivity index (χ4n) is 2.19. The van der Waals surface area contributed by atoms with E-state index in [-0.39, 0.29) is 11.2 Å². The SMILES string of the molecule is CP(C)(=O)c1c(Nc2ncnc(Cl)n2)ccc2c1OCCO2. The molecule has 2 aromatic rings. The van der Waals surface area contributed by atoms with Crippen LogP contribution >= 0.6 is 18.7 Å². The summed E-state index contributed by atoms with van der Waals surface area (Å²) in [6, 6.07) is 3.53. The minimum Gasteiger partial charge on any atom is -0.486 e. The molecule has 2 heterocycles. The molecule has 1 aliphatic rings. The topological polar surface area (TPSA) is 86.2 Å². The maximum atomic E-state index is 12.7. The zero-order chi connectivity index (χ0) is 15.7. The molecule has 0 unspecified atom stereocenters. The summed E-state index contributed by atoms with van der Waals surface area (Å²) in [7, 11) is -2.64. The molecular formula is C13H14ClN4O3P. The largest absolute Gasteiger partial charge is 0.486 e. The zero-order valence-corrected chi connectivity index (χ0v) is 13.7. The van der Waals surface area contributed by atoms with Crippen LogP contribution in [0.2, 0.25) is 5.28 Å². The first kappa shape index (κ1) is 15.1. The molecule has 1 N–H and O–H groups in total. The Labute approximate surface area is 132 Å². The van der Waals surface area contributed by atoms with Crippen molar-refractivity contribution < 1.29 is 14.0 Å². The average molecular weight is 341 g/mol. The van der Waals surface area contributed by atoms with E-state index in [0.717, 1.165) is 0 Å². The molecule has 0 fully saturated rings. The van der Waals surface area contributed by atoms with E-state index < -0.39 is 7.14 Å². The highest BCUT2D eigenvalue weighted by atomic mass is 35.5. The maximum absolute atomic E-state index is 12.7. The molecule has 1 aromatic carbocycles. The van der Waals surface area contributed by atoms with E-state index in [1.165, 1.54) is 6.33 Å². The van der Waals surface area contributed by atoms with Gasteiger partial charge < -0.3 is 19.4 Å². The Balaban J connectivity index is 2.09. The Kier molecular flexibility index (Phi) is 3.93. The summed E-state index contributed by atoms with van der Waals surface area (Å²) in [5.74, 6) is 1.36. The van der Waals surface area contributed by atoms with E-state index in [4.69, 9.17) is 21.1 Å². The van der Waals surface area contributed by atoms with Crippen LogP contribution in [0.3, 0.4) is 0 Å². The highest BCUT2D eigenvalue weighted by Crippen LogP contribution is 2.46. The predicted octanol–water partition coefficient (Wildman–Crippen LogP) is 2.29. The number of halogens is 1. The number of hydrogen-bond acceptors (Lipinski definition) is 7. The van der Waals surface area contributed by atoms with E-state index in [2.05, 4.69) is 20.3 Å². The van der Waals surface area contributed by atoms with E-state index in [1.807, 2.05) is 0 Å². The van der Waals surface area contributed by atoms with Gasteiger partial charge in [-0.2, -0.15) is 4.98 Å². The van der Waals surface area contributed by atoms with Crippen LogP contribution in [0.5, 0.6) is 11.5 Å². The quantitative estimate of drug-likeness (QED) is 0.858. The van der Waals surface area contributed by atoms with Crippen molar-refractivity contribution in [3.63, 3.8) is 0 Å². The number of aromatic nitrogens is 3. The molecule has 3 rings (SSSR count). The second-order valence-electron chi connectivity index (χ2n) is 5.04. The third kappa shape index (κ3) is 3.00. The Bertz CT molecular complexity index is 765. The van der Waals surface area contributed by atoms with Crippen molar-refractivity contribution >= 4 is 35.7 Å². The number of anilines is 2. The van der Waals surface area contributed by atoms with E-state index in [1.54, 1.807) is 25.5 Å². The second kappa shape index (κ2) is 5.74. The molecule has 1 aliphatic heterocycles. The minimum atomic E-state index is -2.64. The lowest BCUT2D eigenvalue weighted by Crippen LogP contribution is -2.23. The van der Waals surface area contributed by atoms with Crippen molar-refractivity contribution in [1.82, 2.24) is 15.0 Å². The Morgan fingerprint density at radius 1 is 1.23 bits per heavy atom. The summed E-state index contributed by atoms with van der Waals surface area (Å²) in [5.41, 5.74) is 0.597. The molecule has 0 atom stereocenters. The Hall–Kier alpha value is -1.85. The molecule has 7 nitrogen and oxygen atoms in total. The molecule has 0 radical (unpaired) electrons. The van der Waals surface area contributed by atoms with Gasteiger partial charge in [-0.1, -0.05) is 0 Å². The van der Waals surface area contributed by atoms with Crippen molar-refractivity contribution in [1.29, 1.82) is 0 Å². The van der Waals surface area contributed by atoms with Gasteiger partial charge >= 0.3 is 0 Å². The molecule has 0 amide bonds. The summed E-state index contributed by atoms with van der Waals surface area (Å²) in [5, 5.41) is 3.66. The molecule has 0 bridgehead atoms. The van der Waals surface area contributed by atoms with Crippen LogP contribution in [0.25, 0.3) is 0 Å². The molecular weight excluding hydrogens is 327 g/mol. The third-order valence-electron chi connectivity index (χ3n) is 3.01. The zero-order valence-electron chi connectivity index (χ0n) is 12.0. The third-order valence-corrected chi connectivity index (χ3v) is 4.71.